The molecule has 4 atom stereocenters. The Bertz CT molecular complexity index is 1310. The first-order chi connectivity index (χ1) is 21.9. The summed E-state index contributed by atoms with van der Waals surface area (Å²) in [6, 6.07) is 8.28. The lowest BCUT2D eigenvalue weighted by Gasteiger charge is -2.34. The van der Waals surface area contributed by atoms with Gasteiger partial charge in [0, 0.05) is 13.0 Å². The molecule has 1 aliphatic heterocycles. The first-order valence-electron chi connectivity index (χ1n) is 16.8. The number of hydrogen-bond donors (Lipinski definition) is 1. The van der Waals surface area contributed by atoms with Crippen LogP contribution in [-0.4, -0.2) is 71.4 Å². The Labute approximate surface area is 272 Å². The fourth-order valence-electron chi connectivity index (χ4n) is 6.81. The number of Topliss-reactive ketones (excluding diaryl/α,β-unsaturated/α-hetero) is 1. The number of ketones is 1. The molecule has 3 aliphatic carbocycles. The Kier molecular flexibility index (Phi) is 10.2. The molecule has 1 heterocycles. The zero-order valence-corrected chi connectivity index (χ0v) is 27.5. The summed E-state index contributed by atoms with van der Waals surface area (Å²) in [6.07, 6.45) is 7.14. The van der Waals surface area contributed by atoms with Crippen molar-refractivity contribution in [3.63, 3.8) is 0 Å². The average molecular weight is 636 g/mol. The van der Waals surface area contributed by atoms with E-state index in [-0.39, 0.29) is 56.4 Å². The largest absolute Gasteiger partial charge is 0.462 e. The molecule has 10 heteroatoms. The highest BCUT2D eigenvalue weighted by atomic mass is 16.6. The van der Waals surface area contributed by atoms with Crippen LogP contribution in [0.1, 0.15) is 84.1 Å². The number of hydrogen-bond acceptors (Lipinski definition) is 7. The normalized spacial score (nSPS) is 25.1. The van der Waals surface area contributed by atoms with Crippen molar-refractivity contribution in [2.24, 2.45) is 28.6 Å². The Morgan fingerprint density at radius 2 is 1.76 bits per heavy atom. The molecule has 0 aromatic heterocycles. The molecule has 46 heavy (non-hydrogen) atoms. The van der Waals surface area contributed by atoms with Crippen molar-refractivity contribution in [2.45, 2.75) is 97.3 Å². The van der Waals surface area contributed by atoms with Crippen molar-refractivity contribution in [2.75, 3.05) is 19.8 Å². The third kappa shape index (κ3) is 7.99. The van der Waals surface area contributed by atoms with Crippen molar-refractivity contribution in [1.82, 2.24) is 15.1 Å². The smallest absolute Gasteiger partial charge is 0.411 e. The molecule has 1 N–H and O–H groups in total. The second-order valence-electron chi connectivity index (χ2n) is 14.7. The van der Waals surface area contributed by atoms with Crippen LogP contribution in [0.15, 0.2) is 43.0 Å². The van der Waals surface area contributed by atoms with E-state index in [2.05, 4.69) is 11.9 Å². The minimum Gasteiger partial charge on any atom is -0.462 e. The number of allylic oxidation sites excluding steroid dienone is 1. The maximum absolute atomic E-state index is 14.3. The van der Waals surface area contributed by atoms with E-state index in [1.165, 1.54) is 9.80 Å². The molecule has 0 unspecified atom stereocenters. The summed E-state index contributed by atoms with van der Waals surface area (Å²) in [4.78, 5) is 70.9. The van der Waals surface area contributed by atoms with Crippen LogP contribution in [0.4, 0.5) is 4.79 Å². The molecule has 10 nitrogen and oxygen atoms in total. The van der Waals surface area contributed by atoms with E-state index in [9.17, 15) is 24.0 Å². The van der Waals surface area contributed by atoms with Crippen LogP contribution in [0.2, 0.25) is 0 Å². The first-order valence-corrected chi connectivity index (χ1v) is 16.8. The topological polar surface area (TPSA) is 122 Å². The fourth-order valence-corrected chi connectivity index (χ4v) is 6.81. The molecule has 1 aromatic rings. The van der Waals surface area contributed by atoms with Gasteiger partial charge in [-0.25, -0.2) is 4.79 Å². The molecule has 1 aromatic carbocycles. The van der Waals surface area contributed by atoms with E-state index in [0.717, 1.165) is 44.1 Å². The zero-order chi connectivity index (χ0) is 33.1. The molecule has 4 fully saturated rings. The maximum atomic E-state index is 14.3. The number of carbonyl (C=O) groups excluding carboxylic acids is 5. The predicted molar refractivity (Wildman–Crippen MR) is 171 cm³/mol. The molecule has 250 valence electrons. The second kappa shape index (κ2) is 14.0. The maximum Gasteiger partial charge on any atom is 0.411 e. The minimum atomic E-state index is -0.980. The summed E-state index contributed by atoms with van der Waals surface area (Å²) in [6.45, 7) is 9.97. The number of carbonyl (C=O) groups is 5. The van der Waals surface area contributed by atoms with Crippen molar-refractivity contribution in [3.8, 4) is 0 Å². The van der Waals surface area contributed by atoms with Gasteiger partial charge in [0.2, 0.25) is 11.8 Å². The predicted octanol–water partition coefficient (Wildman–Crippen LogP) is 5.01. The van der Waals surface area contributed by atoms with Crippen LogP contribution in [0.3, 0.4) is 0 Å². The van der Waals surface area contributed by atoms with E-state index in [4.69, 9.17) is 9.47 Å². The number of nitrogens with one attached hydrogen (secondary N) is 1. The SMILES string of the molecule is C=C[C@@H]1C[C@]1(CC(=O)[C@@H]1CN(C(=O)OCc2ccccc2)CN1C(=O)[C@@H](CC(=O)OC1CCCC1)C(C)(C)C)C(=O)NCC1CC1. The van der Waals surface area contributed by atoms with Crippen LogP contribution in [-0.2, 0) is 35.3 Å². The van der Waals surface area contributed by atoms with Gasteiger partial charge in [-0.3, -0.25) is 24.1 Å². The molecule has 3 amide bonds. The van der Waals surface area contributed by atoms with Gasteiger partial charge >= 0.3 is 12.1 Å². The number of amides is 3. The molecule has 0 radical (unpaired) electrons. The zero-order valence-electron chi connectivity index (χ0n) is 27.5. The molecule has 0 bridgehead atoms. The first kappa shape index (κ1) is 33.7. The van der Waals surface area contributed by atoms with Crippen molar-refractivity contribution < 1.29 is 33.4 Å². The molecule has 4 aliphatic rings. The van der Waals surface area contributed by atoms with Gasteiger partial charge in [0.25, 0.3) is 0 Å². The molecule has 3 saturated carbocycles. The van der Waals surface area contributed by atoms with Crippen LogP contribution in [0, 0.1) is 28.6 Å². The lowest BCUT2D eigenvalue weighted by Crippen LogP contribution is -2.49. The molecule has 5 rings (SSSR count). The number of benzene rings is 1. The number of ether oxygens (including phenoxy) is 2. The highest BCUT2D eigenvalue weighted by Gasteiger charge is 2.60. The van der Waals surface area contributed by atoms with Crippen LogP contribution >= 0.6 is 0 Å². The van der Waals surface area contributed by atoms with E-state index in [1.807, 2.05) is 51.1 Å². The third-order valence-electron chi connectivity index (χ3n) is 10.1. The van der Waals surface area contributed by atoms with Gasteiger partial charge in [-0.05, 0) is 67.8 Å². The Morgan fingerprint density at radius 1 is 1.07 bits per heavy atom. The molecular formula is C36H49N3O7. The number of esters is 1. The van der Waals surface area contributed by atoms with Crippen LogP contribution < -0.4 is 5.32 Å². The molecular weight excluding hydrogens is 586 g/mol. The van der Waals surface area contributed by atoms with Gasteiger partial charge < -0.3 is 19.7 Å². The summed E-state index contributed by atoms with van der Waals surface area (Å²) in [5.41, 5.74) is -0.722. The monoisotopic (exact) mass is 635 g/mol. The van der Waals surface area contributed by atoms with Crippen molar-refractivity contribution >= 4 is 29.7 Å². The number of rotatable bonds is 13. The van der Waals surface area contributed by atoms with E-state index >= 15 is 0 Å². The van der Waals surface area contributed by atoms with Gasteiger partial charge in [-0.1, -0.05) is 57.2 Å². The number of nitrogens with zero attached hydrogens (tertiary/aromatic N) is 2. The summed E-state index contributed by atoms with van der Waals surface area (Å²) in [5.74, 6) is -1.70. The average Bonchev–Trinajstić information content (AvgIpc) is 3.87. The van der Waals surface area contributed by atoms with E-state index < -0.39 is 40.8 Å². The van der Waals surface area contributed by atoms with Crippen molar-refractivity contribution in [3.05, 3.63) is 48.6 Å². The molecule has 0 spiro atoms. The van der Waals surface area contributed by atoms with Gasteiger partial charge in [-0.15, -0.1) is 6.58 Å². The molecule has 1 saturated heterocycles. The summed E-state index contributed by atoms with van der Waals surface area (Å²) in [5, 5.41) is 3.03. The van der Waals surface area contributed by atoms with E-state index in [0.29, 0.717) is 18.9 Å². The second-order valence-corrected chi connectivity index (χ2v) is 14.7. The lowest BCUT2D eigenvalue weighted by molar-refractivity contribution is -0.156. The summed E-state index contributed by atoms with van der Waals surface area (Å²) < 4.78 is 11.3. The van der Waals surface area contributed by atoms with Gasteiger partial charge in [0.15, 0.2) is 5.78 Å². The highest BCUT2D eigenvalue weighted by Crippen LogP contribution is 2.56. The van der Waals surface area contributed by atoms with Gasteiger partial charge in [-0.2, -0.15) is 0 Å². The Balaban J connectivity index is 1.34. The Hall–Kier alpha value is -3.69. The standard InChI is InChI=1S/C36H49N3O7/c1-5-26-18-36(26,33(43)37-20-24-15-16-24)19-30(40)29-21-38(34(44)45-22-25-11-7-6-8-12-25)23-39(29)32(42)28(35(2,3)4)17-31(41)46-27-13-9-10-14-27/h5-8,11-12,24,26-29H,1,9-10,13-23H2,2-4H3,(H,37,43)/t26-,28-,29+,36-/m1/s1. The third-order valence-corrected chi connectivity index (χ3v) is 10.1. The fraction of sp³-hybridized carbons (Fsp3) is 0.639. The Morgan fingerprint density at radius 3 is 2.37 bits per heavy atom. The van der Waals surface area contributed by atoms with E-state index in [1.54, 1.807) is 6.08 Å². The van der Waals surface area contributed by atoms with Crippen molar-refractivity contribution in [1.29, 1.82) is 0 Å². The summed E-state index contributed by atoms with van der Waals surface area (Å²) >= 11 is 0. The van der Waals surface area contributed by atoms with Gasteiger partial charge in [0.05, 0.1) is 31.0 Å². The van der Waals surface area contributed by atoms with Crippen LogP contribution in [0.25, 0.3) is 0 Å². The minimum absolute atomic E-state index is 0.0473. The van der Waals surface area contributed by atoms with Gasteiger partial charge in [0.1, 0.15) is 18.8 Å². The quantitative estimate of drug-likeness (QED) is 0.239. The highest BCUT2D eigenvalue weighted by molar-refractivity contribution is 5.97. The summed E-state index contributed by atoms with van der Waals surface area (Å²) in [7, 11) is 0. The lowest BCUT2D eigenvalue weighted by atomic mass is 9.77. The van der Waals surface area contributed by atoms with Crippen LogP contribution in [0.5, 0.6) is 0 Å².